The number of hydrogen-bond acceptors (Lipinski definition) is 4. The van der Waals surface area contributed by atoms with Crippen LogP contribution in [0.4, 0.5) is 5.69 Å². The second kappa shape index (κ2) is 5.66. The molecule has 0 aliphatic carbocycles. The molecule has 6 heteroatoms. The zero-order valence-electron chi connectivity index (χ0n) is 12.7. The van der Waals surface area contributed by atoms with Gasteiger partial charge in [-0.25, -0.2) is 4.79 Å². The number of phenols is 1. The molecule has 0 saturated carbocycles. The van der Waals surface area contributed by atoms with E-state index in [0.29, 0.717) is 16.8 Å². The smallest absolute Gasteiger partial charge is 0.339 e. The standard InChI is InChI=1S/C18H13NO5/c1-19-14-5-3-2-4-11(14)16(21)13(17(19)22)9-10-6-7-15(20)12(8-10)18(23)24/h2-9,20H,1H3,(H,23,24). The van der Waals surface area contributed by atoms with Crippen LogP contribution in [0.5, 0.6) is 5.75 Å². The third-order valence-corrected chi connectivity index (χ3v) is 3.85. The van der Waals surface area contributed by atoms with Crippen LogP contribution in [0.2, 0.25) is 0 Å². The van der Waals surface area contributed by atoms with Crippen molar-refractivity contribution in [1.82, 2.24) is 0 Å². The lowest BCUT2D eigenvalue weighted by molar-refractivity contribution is -0.114. The molecule has 2 N–H and O–H groups in total. The van der Waals surface area contributed by atoms with E-state index in [4.69, 9.17) is 5.11 Å². The van der Waals surface area contributed by atoms with Gasteiger partial charge in [0.1, 0.15) is 11.3 Å². The van der Waals surface area contributed by atoms with Crippen molar-refractivity contribution in [3.05, 3.63) is 64.7 Å². The number of hydrogen-bond donors (Lipinski definition) is 2. The Morgan fingerprint density at radius 2 is 1.83 bits per heavy atom. The maximum absolute atomic E-state index is 12.6. The third-order valence-electron chi connectivity index (χ3n) is 3.85. The van der Waals surface area contributed by atoms with Crippen LogP contribution in [0.25, 0.3) is 6.08 Å². The fraction of sp³-hybridized carbons (Fsp3) is 0.0556. The van der Waals surface area contributed by atoms with Crippen molar-refractivity contribution >= 4 is 29.4 Å². The lowest BCUT2D eigenvalue weighted by Gasteiger charge is -2.26. The molecular formula is C18H13NO5. The van der Waals surface area contributed by atoms with Crippen molar-refractivity contribution in [2.45, 2.75) is 0 Å². The van der Waals surface area contributed by atoms with Crippen molar-refractivity contribution in [3.8, 4) is 5.75 Å². The largest absolute Gasteiger partial charge is 0.507 e. The van der Waals surface area contributed by atoms with Crippen LogP contribution in [-0.2, 0) is 4.79 Å². The van der Waals surface area contributed by atoms with Crippen LogP contribution >= 0.6 is 0 Å². The average Bonchev–Trinajstić information content (AvgIpc) is 2.58. The summed E-state index contributed by atoms with van der Waals surface area (Å²) in [5.74, 6) is -2.56. The highest BCUT2D eigenvalue weighted by Crippen LogP contribution is 2.30. The van der Waals surface area contributed by atoms with Crippen molar-refractivity contribution in [2.24, 2.45) is 0 Å². The minimum Gasteiger partial charge on any atom is -0.507 e. The Balaban J connectivity index is 2.11. The molecular weight excluding hydrogens is 310 g/mol. The summed E-state index contributed by atoms with van der Waals surface area (Å²) in [4.78, 5) is 37.5. The van der Waals surface area contributed by atoms with Crippen LogP contribution in [-0.4, -0.2) is 34.9 Å². The molecule has 0 aromatic heterocycles. The second-order valence-electron chi connectivity index (χ2n) is 5.35. The highest BCUT2D eigenvalue weighted by atomic mass is 16.4. The number of nitrogens with zero attached hydrogens (tertiary/aromatic N) is 1. The minimum absolute atomic E-state index is 0.0572. The molecule has 0 bridgehead atoms. The Kier molecular flexibility index (Phi) is 3.65. The molecule has 1 aliphatic heterocycles. The van der Waals surface area contributed by atoms with Gasteiger partial charge in [-0.05, 0) is 35.9 Å². The summed E-state index contributed by atoms with van der Waals surface area (Å²) in [7, 11) is 1.57. The van der Waals surface area contributed by atoms with Gasteiger partial charge < -0.3 is 15.1 Å². The number of carbonyl (C=O) groups excluding carboxylic acids is 2. The van der Waals surface area contributed by atoms with E-state index < -0.39 is 17.7 Å². The summed E-state index contributed by atoms with van der Waals surface area (Å²) in [6.45, 7) is 0. The Morgan fingerprint density at radius 3 is 2.54 bits per heavy atom. The number of aromatic hydroxyl groups is 1. The van der Waals surface area contributed by atoms with E-state index >= 15 is 0 Å². The number of carboxylic acids is 1. The van der Waals surface area contributed by atoms with E-state index in [2.05, 4.69) is 0 Å². The van der Waals surface area contributed by atoms with Crippen molar-refractivity contribution < 1.29 is 24.6 Å². The first-order chi connectivity index (χ1) is 11.4. The molecule has 0 saturated heterocycles. The molecule has 1 aliphatic rings. The number of anilines is 1. The average molecular weight is 323 g/mol. The molecule has 3 rings (SSSR count). The molecule has 1 amide bonds. The number of carbonyl (C=O) groups is 3. The quantitative estimate of drug-likeness (QED) is 0.653. The molecule has 2 aromatic carbocycles. The van der Waals surface area contributed by atoms with Gasteiger partial charge in [0.05, 0.1) is 11.3 Å². The highest BCUT2D eigenvalue weighted by molar-refractivity contribution is 6.36. The number of carboxylic acid groups (broad SMARTS) is 1. The molecule has 0 spiro atoms. The van der Waals surface area contributed by atoms with Gasteiger partial charge in [0.2, 0.25) is 5.78 Å². The van der Waals surface area contributed by atoms with Crippen LogP contribution in [0.1, 0.15) is 26.3 Å². The Hall–Kier alpha value is -3.41. The number of likely N-dealkylation sites (N-methyl/N-ethyl adjacent to an activating group) is 1. The topological polar surface area (TPSA) is 94.9 Å². The molecule has 2 aromatic rings. The van der Waals surface area contributed by atoms with Crippen LogP contribution in [0, 0.1) is 0 Å². The number of amides is 1. The van der Waals surface area contributed by atoms with E-state index in [1.165, 1.54) is 29.2 Å². The number of Topliss-reactive ketones (excluding diaryl/α,β-unsaturated/α-hetero) is 1. The number of fused-ring (bicyclic) bond motifs is 1. The number of aromatic carboxylic acids is 1. The molecule has 1 heterocycles. The van der Waals surface area contributed by atoms with E-state index in [-0.39, 0.29) is 16.9 Å². The lowest BCUT2D eigenvalue weighted by atomic mass is 9.93. The second-order valence-corrected chi connectivity index (χ2v) is 5.35. The van der Waals surface area contributed by atoms with Crippen LogP contribution in [0.3, 0.4) is 0 Å². The Morgan fingerprint density at radius 1 is 1.12 bits per heavy atom. The summed E-state index contributed by atoms with van der Waals surface area (Å²) in [6.07, 6.45) is 1.34. The van der Waals surface area contributed by atoms with Crippen molar-refractivity contribution in [2.75, 3.05) is 11.9 Å². The molecule has 0 unspecified atom stereocenters. The minimum atomic E-state index is -1.29. The predicted octanol–water partition coefficient (Wildman–Crippen LogP) is 2.33. The third kappa shape index (κ3) is 2.44. The highest BCUT2D eigenvalue weighted by Gasteiger charge is 2.32. The maximum atomic E-state index is 12.6. The van der Waals surface area contributed by atoms with Gasteiger partial charge in [0, 0.05) is 12.6 Å². The van der Waals surface area contributed by atoms with Gasteiger partial charge in [-0.2, -0.15) is 0 Å². The van der Waals surface area contributed by atoms with Gasteiger partial charge >= 0.3 is 5.97 Å². The summed E-state index contributed by atoms with van der Waals surface area (Å²) in [5.41, 5.74) is 0.923. The molecule has 24 heavy (non-hydrogen) atoms. The zero-order chi connectivity index (χ0) is 17.4. The van der Waals surface area contributed by atoms with Crippen LogP contribution in [0.15, 0.2) is 48.0 Å². The predicted molar refractivity (Wildman–Crippen MR) is 87.2 cm³/mol. The SMILES string of the molecule is CN1C(=O)C(=Cc2ccc(O)c(C(=O)O)c2)C(=O)c2ccccc21. The monoisotopic (exact) mass is 323 g/mol. The first-order valence-electron chi connectivity index (χ1n) is 7.10. The lowest BCUT2D eigenvalue weighted by Crippen LogP contribution is -2.36. The number of benzene rings is 2. The van der Waals surface area contributed by atoms with E-state index in [1.807, 2.05) is 0 Å². The fourth-order valence-corrected chi connectivity index (χ4v) is 2.60. The normalized spacial score (nSPS) is 15.5. The number of para-hydroxylation sites is 1. The molecule has 6 nitrogen and oxygen atoms in total. The Labute approximate surface area is 137 Å². The fourth-order valence-electron chi connectivity index (χ4n) is 2.60. The van der Waals surface area contributed by atoms with E-state index in [9.17, 15) is 19.5 Å². The van der Waals surface area contributed by atoms with E-state index in [0.717, 1.165) is 0 Å². The van der Waals surface area contributed by atoms with E-state index in [1.54, 1.807) is 31.3 Å². The van der Waals surface area contributed by atoms with Crippen LogP contribution < -0.4 is 4.90 Å². The zero-order valence-corrected chi connectivity index (χ0v) is 12.7. The summed E-state index contributed by atoms with van der Waals surface area (Å²) in [5, 5.41) is 18.6. The van der Waals surface area contributed by atoms with Gasteiger partial charge in [0.15, 0.2) is 0 Å². The molecule has 0 radical (unpaired) electrons. The van der Waals surface area contributed by atoms with Gasteiger partial charge in [-0.15, -0.1) is 0 Å². The van der Waals surface area contributed by atoms with Gasteiger partial charge in [0.25, 0.3) is 5.91 Å². The first-order valence-corrected chi connectivity index (χ1v) is 7.10. The Bertz CT molecular complexity index is 913. The number of rotatable bonds is 2. The molecule has 0 fully saturated rings. The summed E-state index contributed by atoms with van der Waals surface area (Å²) >= 11 is 0. The van der Waals surface area contributed by atoms with Gasteiger partial charge in [-0.3, -0.25) is 9.59 Å². The summed E-state index contributed by atoms with van der Waals surface area (Å²) in [6, 6.07) is 10.6. The number of ketones is 1. The summed E-state index contributed by atoms with van der Waals surface area (Å²) < 4.78 is 0. The molecule has 120 valence electrons. The first kappa shape index (κ1) is 15.5. The van der Waals surface area contributed by atoms with Gasteiger partial charge in [-0.1, -0.05) is 18.2 Å². The van der Waals surface area contributed by atoms with Crippen molar-refractivity contribution in [1.29, 1.82) is 0 Å². The maximum Gasteiger partial charge on any atom is 0.339 e. The van der Waals surface area contributed by atoms with Crippen molar-refractivity contribution in [3.63, 3.8) is 0 Å². The molecule has 0 atom stereocenters.